The molecule has 1 atom stereocenters. The van der Waals surface area contributed by atoms with Crippen LogP contribution in [0.4, 0.5) is 13.2 Å². The lowest BCUT2D eigenvalue weighted by Crippen LogP contribution is -2.43. The topological polar surface area (TPSA) is 87.6 Å². The van der Waals surface area contributed by atoms with Crippen molar-refractivity contribution < 1.29 is 27.8 Å². The number of aromatic nitrogens is 2. The monoisotopic (exact) mass is 526 g/mol. The summed E-state index contributed by atoms with van der Waals surface area (Å²) >= 11 is 1.54. The number of β-amino-alcohol motifs (C(OH)–C–C–N with tert-alkyl or cyclic N) is 1. The number of amides is 1. The fraction of sp³-hybridized carbons (Fsp3) is 0.640. The molecule has 2 aliphatic rings. The van der Waals surface area contributed by atoms with Gasteiger partial charge in [-0.05, 0) is 50.5 Å². The lowest BCUT2D eigenvalue weighted by Gasteiger charge is -2.34. The molecule has 7 nitrogen and oxygen atoms in total. The molecule has 2 N–H and O–H groups in total. The van der Waals surface area contributed by atoms with Crippen LogP contribution in [-0.4, -0.2) is 70.4 Å². The number of aliphatic hydroxyl groups excluding tert-OH is 1. The van der Waals surface area contributed by atoms with Gasteiger partial charge in [-0.3, -0.25) is 4.79 Å². The van der Waals surface area contributed by atoms with Gasteiger partial charge in [-0.1, -0.05) is 6.07 Å². The van der Waals surface area contributed by atoms with Crippen molar-refractivity contribution in [3.8, 4) is 5.88 Å². The third-order valence-corrected chi connectivity index (χ3v) is 7.83. The number of nitrogens with one attached hydrogen (secondary N) is 1. The van der Waals surface area contributed by atoms with E-state index in [1.54, 1.807) is 12.3 Å². The van der Waals surface area contributed by atoms with Crippen LogP contribution >= 0.6 is 11.3 Å². The first-order valence-corrected chi connectivity index (χ1v) is 13.3. The second-order valence-electron chi connectivity index (χ2n) is 9.73. The van der Waals surface area contributed by atoms with Gasteiger partial charge < -0.3 is 20.1 Å². The van der Waals surface area contributed by atoms with Gasteiger partial charge in [0.25, 0.3) is 0 Å². The summed E-state index contributed by atoms with van der Waals surface area (Å²) in [5.74, 6) is 0.200. The van der Waals surface area contributed by atoms with Crippen LogP contribution in [0.25, 0.3) is 0 Å². The van der Waals surface area contributed by atoms with Crippen LogP contribution in [-0.2, 0) is 24.1 Å². The first kappa shape index (κ1) is 26.8. The highest BCUT2D eigenvalue weighted by Crippen LogP contribution is 2.28. The van der Waals surface area contributed by atoms with E-state index in [2.05, 4.69) is 20.2 Å². The number of hydrogen-bond acceptors (Lipinski definition) is 7. The Morgan fingerprint density at radius 2 is 2.00 bits per heavy atom. The van der Waals surface area contributed by atoms with Crippen LogP contribution < -0.4 is 10.1 Å². The number of ether oxygens (including phenoxy) is 1. The number of rotatable bonds is 8. The SMILES string of the molecule is Cc1ncc(CC(=O)NC2CCC([C@@H](O)CN3CCc4ccc(OCC(F)(F)F)nc4CC3)CC2)s1. The van der Waals surface area contributed by atoms with Gasteiger partial charge in [-0.15, -0.1) is 11.3 Å². The zero-order valence-corrected chi connectivity index (χ0v) is 21.2. The Hall–Kier alpha value is -2.24. The molecule has 1 fully saturated rings. The average Bonchev–Trinajstić information content (AvgIpc) is 3.12. The molecule has 0 radical (unpaired) electrons. The number of carbonyl (C=O) groups excluding carboxylic acids is 1. The summed E-state index contributed by atoms with van der Waals surface area (Å²) in [7, 11) is 0. The lowest BCUT2D eigenvalue weighted by atomic mass is 9.82. The second kappa shape index (κ2) is 11.9. The minimum Gasteiger partial charge on any atom is -0.468 e. The van der Waals surface area contributed by atoms with Crippen molar-refractivity contribution in [2.45, 2.75) is 70.2 Å². The third kappa shape index (κ3) is 7.88. The van der Waals surface area contributed by atoms with Crippen molar-refractivity contribution in [2.24, 2.45) is 5.92 Å². The maximum atomic E-state index is 12.4. The number of thiazole rings is 1. The van der Waals surface area contributed by atoms with Crippen molar-refractivity contribution >= 4 is 17.2 Å². The van der Waals surface area contributed by atoms with E-state index in [0.717, 1.165) is 59.8 Å². The zero-order valence-electron chi connectivity index (χ0n) is 20.4. The highest BCUT2D eigenvalue weighted by molar-refractivity contribution is 7.11. The van der Waals surface area contributed by atoms with Crippen LogP contribution in [0, 0.1) is 12.8 Å². The molecule has 0 aromatic carbocycles. The van der Waals surface area contributed by atoms with Gasteiger partial charge in [0.2, 0.25) is 11.8 Å². The smallest absolute Gasteiger partial charge is 0.422 e. The van der Waals surface area contributed by atoms with E-state index in [9.17, 15) is 23.1 Å². The Morgan fingerprint density at radius 3 is 2.69 bits per heavy atom. The first-order chi connectivity index (χ1) is 17.1. The summed E-state index contributed by atoms with van der Waals surface area (Å²) in [5, 5.41) is 15.0. The largest absolute Gasteiger partial charge is 0.468 e. The number of aryl methyl sites for hydroxylation is 1. The number of alkyl halides is 3. The van der Waals surface area contributed by atoms with Gasteiger partial charge in [0, 0.05) is 54.9 Å². The molecule has 2 aromatic heterocycles. The predicted molar refractivity (Wildman–Crippen MR) is 130 cm³/mol. The second-order valence-corrected chi connectivity index (χ2v) is 11.0. The standard InChI is InChI=1S/C25H33F3N4O3S/c1-16-29-13-20(36-16)12-23(34)30-19-5-2-18(3-6-19)22(33)14-32-10-8-17-4-7-24(31-21(17)9-11-32)35-15-25(26,27)28/h4,7,13,18-19,22,33H,2-3,5-6,8-12,14-15H2,1H3,(H,30,34)/t18?,19?,22-/m0/s1. The first-order valence-electron chi connectivity index (χ1n) is 12.4. The van der Waals surface area contributed by atoms with E-state index in [4.69, 9.17) is 4.74 Å². The molecule has 3 heterocycles. The van der Waals surface area contributed by atoms with E-state index in [1.165, 1.54) is 17.4 Å². The van der Waals surface area contributed by atoms with E-state index in [0.29, 0.717) is 25.9 Å². The van der Waals surface area contributed by atoms with E-state index in [1.807, 2.05) is 6.92 Å². The van der Waals surface area contributed by atoms with Crippen molar-refractivity contribution in [3.05, 3.63) is 39.5 Å². The maximum absolute atomic E-state index is 12.4. The van der Waals surface area contributed by atoms with Crippen molar-refractivity contribution in [1.29, 1.82) is 0 Å². The van der Waals surface area contributed by atoms with Crippen molar-refractivity contribution in [3.63, 3.8) is 0 Å². The average molecular weight is 527 g/mol. The summed E-state index contributed by atoms with van der Waals surface area (Å²) in [6.07, 6.45) is 2.02. The molecule has 0 spiro atoms. The Labute approximate surface area is 213 Å². The van der Waals surface area contributed by atoms with Crippen LogP contribution in [0.3, 0.4) is 0 Å². The Kier molecular flexibility index (Phi) is 8.84. The van der Waals surface area contributed by atoms with Crippen LogP contribution in [0.5, 0.6) is 5.88 Å². The lowest BCUT2D eigenvalue weighted by molar-refractivity contribution is -0.154. The highest BCUT2D eigenvalue weighted by Gasteiger charge is 2.30. The minimum atomic E-state index is -4.40. The van der Waals surface area contributed by atoms with Gasteiger partial charge in [-0.25, -0.2) is 9.97 Å². The zero-order chi connectivity index (χ0) is 25.7. The molecule has 11 heteroatoms. The third-order valence-electron chi connectivity index (χ3n) is 6.92. The summed E-state index contributed by atoms with van der Waals surface area (Å²) in [6, 6.07) is 3.42. The molecule has 0 unspecified atom stereocenters. The molecule has 1 aliphatic carbocycles. The van der Waals surface area contributed by atoms with Gasteiger partial charge in [0.15, 0.2) is 6.61 Å². The number of aliphatic hydroxyl groups is 1. The van der Waals surface area contributed by atoms with Crippen LogP contribution in [0.1, 0.15) is 46.8 Å². The fourth-order valence-electron chi connectivity index (χ4n) is 5.01. The number of pyridine rings is 1. The minimum absolute atomic E-state index is 0.00872. The number of carbonyl (C=O) groups is 1. The van der Waals surface area contributed by atoms with Crippen molar-refractivity contribution in [2.75, 3.05) is 26.2 Å². The molecule has 0 saturated heterocycles. The number of nitrogens with zero attached hydrogens (tertiary/aromatic N) is 3. The molecule has 36 heavy (non-hydrogen) atoms. The number of halogens is 3. The summed E-state index contributed by atoms with van der Waals surface area (Å²) in [5.41, 5.74) is 1.77. The quantitative estimate of drug-likeness (QED) is 0.548. The molecule has 4 rings (SSSR count). The summed E-state index contributed by atoms with van der Waals surface area (Å²) in [4.78, 5) is 24.0. The molecule has 1 saturated carbocycles. The Morgan fingerprint density at radius 1 is 1.25 bits per heavy atom. The fourth-order valence-corrected chi connectivity index (χ4v) is 5.81. The summed E-state index contributed by atoms with van der Waals surface area (Å²) < 4.78 is 42.1. The van der Waals surface area contributed by atoms with Gasteiger partial charge in [0.05, 0.1) is 17.5 Å². The number of hydrogen-bond donors (Lipinski definition) is 2. The molecule has 198 valence electrons. The van der Waals surface area contributed by atoms with Gasteiger partial charge >= 0.3 is 6.18 Å². The van der Waals surface area contributed by atoms with Gasteiger partial charge in [-0.2, -0.15) is 13.2 Å². The molecular formula is C25H33F3N4O3S. The number of fused-ring (bicyclic) bond motifs is 1. The Bertz CT molecular complexity index is 1020. The van der Waals surface area contributed by atoms with Crippen LogP contribution in [0.15, 0.2) is 18.3 Å². The molecule has 0 bridgehead atoms. The summed E-state index contributed by atoms with van der Waals surface area (Å²) in [6.45, 7) is 2.57. The van der Waals surface area contributed by atoms with E-state index in [-0.39, 0.29) is 23.7 Å². The highest BCUT2D eigenvalue weighted by atomic mass is 32.1. The molecule has 2 aromatic rings. The normalized spacial score (nSPS) is 21.9. The molecular weight excluding hydrogens is 493 g/mol. The van der Waals surface area contributed by atoms with E-state index < -0.39 is 18.9 Å². The van der Waals surface area contributed by atoms with Crippen molar-refractivity contribution in [1.82, 2.24) is 20.2 Å². The maximum Gasteiger partial charge on any atom is 0.422 e. The van der Waals surface area contributed by atoms with Crippen LogP contribution in [0.2, 0.25) is 0 Å². The van der Waals surface area contributed by atoms with E-state index >= 15 is 0 Å². The molecule has 1 aliphatic heterocycles. The predicted octanol–water partition coefficient (Wildman–Crippen LogP) is 3.47. The molecule has 1 amide bonds. The van der Waals surface area contributed by atoms with Gasteiger partial charge in [0.1, 0.15) is 0 Å². The Balaban J connectivity index is 1.19.